The number of carbonyl (C=O) groups is 1. The van der Waals surface area contributed by atoms with Crippen LogP contribution >= 0.6 is 0 Å². The molecule has 1 aliphatic rings. The Balaban J connectivity index is 1.71. The first-order valence-corrected chi connectivity index (χ1v) is 7.69. The van der Waals surface area contributed by atoms with E-state index in [1.165, 1.54) is 12.5 Å². The molecule has 0 amide bonds. The molecule has 116 valence electrons. The maximum atomic E-state index is 11.0. The van der Waals surface area contributed by atoms with E-state index in [0.717, 1.165) is 25.8 Å². The van der Waals surface area contributed by atoms with E-state index in [-0.39, 0.29) is 18.2 Å². The van der Waals surface area contributed by atoms with Crippen LogP contribution in [0, 0.1) is 0 Å². The molecule has 1 heterocycles. The molecule has 1 N–H and O–H groups in total. The van der Waals surface area contributed by atoms with Crippen LogP contribution in [-0.2, 0) is 20.8 Å². The number of benzene rings is 1. The topological polar surface area (TPSA) is 47.6 Å². The molecular formula is C17H25NO3. The van der Waals surface area contributed by atoms with Gasteiger partial charge in [0.1, 0.15) is 6.10 Å². The number of carbonyl (C=O) groups excluding carboxylic acids is 1. The number of ether oxygens (including phenoxy) is 2. The zero-order chi connectivity index (χ0) is 15.1. The summed E-state index contributed by atoms with van der Waals surface area (Å²) in [6.07, 6.45) is 2.73. The van der Waals surface area contributed by atoms with Gasteiger partial charge in [-0.1, -0.05) is 30.3 Å². The fourth-order valence-corrected chi connectivity index (χ4v) is 2.72. The minimum atomic E-state index is -0.198. The van der Waals surface area contributed by atoms with Crippen molar-refractivity contribution in [3.63, 3.8) is 0 Å². The summed E-state index contributed by atoms with van der Waals surface area (Å²) in [5, 5.41) is 3.51. The predicted molar refractivity (Wildman–Crippen MR) is 81.9 cm³/mol. The van der Waals surface area contributed by atoms with Gasteiger partial charge in [-0.15, -0.1) is 0 Å². The van der Waals surface area contributed by atoms with Crippen LogP contribution < -0.4 is 5.32 Å². The third-order valence-electron chi connectivity index (χ3n) is 3.77. The van der Waals surface area contributed by atoms with Crippen molar-refractivity contribution in [1.82, 2.24) is 5.32 Å². The van der Waals surface area contributed by atoms with Gasteiger partial charge >= 0.3 is 5.97 Å². The molecule has 4 nitrogen and oxygen atoms in total. The van der Waals surface area contributed by atoms with E-state index in [2.05, 4.69) is 36.5 Å². The number of esters is 1. The van der Waals surface area contributed by atoms with E-state index in [0.29, 0.717) is 12.6 Å². The third-order valence-corrected chi connectivity index (χ3v) is 3.77. The molecule has 3 unspecified atom stereocenters. The van der Waals surface area contributed by atoms with Crippen LogP contribution in [0.15, 0.2) is 30.3 Å². The van der Waals surface area contributed by atoms with Crippen LogP contribution in [0.4, 0.5) is 0 Å². The zero-order valence-electron chi connectivity index (χ0n) is 12.9. The molecule has 0 aliphatic carbocycles. The maximum absolute atomic E-state index is 11.0. The molecule has 0 radical (unpaired) electrons. The average Bonchev–Trinajstić information content (AvgIpc) is 2.46. The van der Waals surface area contributed by atoms with Gasteiger partial charge in [-0.3, -0.25) is 4.79 Å². The second kappa shape index (κ2) is 8.15. The van der Waals surface area contributed by atoms with Gasteiger partial charge in [-0.25, -0.2) is 0 Å². The Kier molecular flexibility index (Phi) is 6.21. The van der Waals surface area contributed by atoms with Crippen LogP contribution in [0.2, 0.25) is 0 Å². The highest BCUT2D eigenvalue weighted by molar-refractivity contribution is 5.66. The highest BCUT2D eigenvalue weighted by Crippen LogP contribution is 2.20. The highest BCUT2D eigenvalue weighted by atomic mass is 16.6. The summed E-state index contributed by atoms with van der Waals surface area (Å²) in [7, 11) is 0. The van der Waals surface area contributed by atoms with E-state index >= 15 is 0 Å². The first-order valence-electron chi connectivity index (χ1n) is 7.69. The zero-order valence-corrected chi connectivity index (χ0v) is 12.9. The van der Waals surface area contributed by atoms with Crippen molar-refractivity contribution < 1.29 is 14.3 Å². The number of hydrogen-bond acceptors (Lipinski definition) is 4. The monoisotopic (exact) mass is 291 g/mol. The molecule has 2 rings (SSSR count). The molecule has 1 aliphatic heterocycles. The fraction of sp³-hybridized carbons (Fsp3) is 0.588. The van der Waals surface area contributed by atoms with Crippen molar-refractivity contribution in [2.24, 2.45) is 0 Å². The summed E-state index contributed by atoms with van der Waals surface area (Å²) < 4.78 is 11.1. The number of hydrogen-bond donors (Lipinski definition) is 1. The lowest BCUT2D eigenvalue weighted by Crippen LogP contribution is -2.37. The largest absolute Gasteiger partial charge is 0.462 e. The molecule has 1 aromatic carbocycles. The Morgan fingerprint density at radius 3 is 2.90 bits per heavy atom. The third kappa shape index (κ3) is 5.86. The molecule has 0 saturated carbocycles. The molecule has 0 bridgehead atoms. The molecule has 3 atom stereocenters. The van der Waals surface area contributed by atoms with Crippen molar-refractivity contribution in [2.45, 2.75) is 57.9 Å². The van der Waals surface area contributed by atoms with E-state index < -0.39 is 0 Å². The quantitative estimate of drug-likeness (QED) is 0.819. The van der Waals surface area contributed by atoms with Crippen molar-refractivity contribution in [3.05, 3.63) is 35.9 Å². The number of nitrogens with one attached hydrogen (secondary N) is 1. The molecule has 0 spiro atoms. The molecule has 21 heavy (non-hydrogen) atoms. The smallest absolute Gasteiger partial charge is 0.302 e. The fourth-order valence-electron chi connectivity index (χ4n) is 2.72. The van der Waals surface area contributed by atoms with Crippen LogP contribution in [0.25, 0.3) is 0 Å². The van der Waals surface area contributed by atoms with Gasteiger partial charge < -0.3 is 14.8 Å². The van der Waals surface area contributed by atoms with Crippen molar-refractivity contribution in [2.75, 3.05) is 6.61 Å². The summed E-state index contributed by atoms with van der Waals surface area (Å²) in [5.74, 6) is -0.198. The van der Waals surface area contributed by atoms with Crippen LogP contribution in [-0.4, -0.2) is 30.8 Å². The molecule has 1 aromatic rings. The SMILES string of the molecule is CC(=O)OC1CCOC(CC(C)NCc2ccccc2)C1. The van der Waals surface area contributed by atoms with Gasteiger partial charge in [0.2, 0.25) is 0 Å². The average molecular weight is 291 g/mol. The van der Waals surface area contributed by atoms with Gasteiger partial charge in [-0.05, 0) is 18.9 Å². The van der Waals surface area contributed by atoms with E-state index in [1.807, 2.05) is 6.07 Å². The van der Waals surface area contributed by atoms with Crippen LogP contribution in [0.3, 0.4) is 0 Å². The Morgan fingerprint density at radius 2 is 2.19 bits per heavy atom. The molecular weight excluding hydrogens is 266 g/mol. The van der Waals surface area contributed by atoms with Gasteiger partial charge in [-0.2, -0.15) is 0 Å². The molecule has 1 fully saturated rings. The Hall–Kier alpha value is -1.39. The summed E-state index contributed by atoms with van der Waals surface area (Å²) in [5.41, 5.74) is 1.28. The number of rotatable bonds is 6. The van der Waals surface area contributed by atoms with Gasteiger partial charge in [0.25, 0.3) is 0 Å². The molecule has 1 saturated heterocycles. The lowest BCUT2D eigenvalue weighted by atomic mass is 10.00. The lowest BCUT2D eigenvalue weighted by Gasteiger charge is -2.30. The van der Waals surface area contributed by atoms with Crippen molar-refractivity contribution in [1.29, 1.82) is 0 Å². The van der Waals surface area contributed by atoms with Gasteiger partial charge in [0, 0.05) is 32.4 Å². The normalized spacial score (nSPS) is 23.5. The van der Waals surface area contributed by atoms with Gasteiger partial charge in [0.05, 0.1) is 12.7 Å². The lowest BCUT2D eigenvalue weighted by molar-refractivity contribution is -0.153. The first-order chi connectivity index (χ1) is 10.1. The minimum Gasteiger partial charge on any atom is -0.462 e. The van der Waals surface area contributed by atoms with Crippen molar-refractivity contribution in [3.8, 4) is 0 Å². The second-order valence-electron chi connectivity index (χ2n) is 5.75. The maximum Gasteiger partial charge on any atom is 0.302 e. The van der Waals surface area contributed by atoms with Crippen LogP contribution in [0.1, 0.15) is 38.7 Å². The standard InChI is InChI=1S/C17H25NO3/c1-13(18-12-15-6-4-3-5-7-15)10-17-11-16(8-9-20-17)21-14(2)19/h3-7,13,16-18H,8-12H2,1-2H3. The summed E-state index contributed by atoms with van der Waals surface area (Å²) in [6, 6.07) is 10.7. The van der Waals surface area contributed by atoms with E-state index in [9.17, 15) is 4.79 Å². The molecule has 0 aromatic heterocycles. The summed E-state index contributed by atoms with van der Waals surface area (Å²) >= 11 is 0. The first kappa shape index (κ1) is 16.0. The Morgan fingerprint density at radius 1 is 1.43 bits per heavy atom. The van der Waals surface area contributed by atoms with E-state index in [1.54, 1.807) is 0 Å². The summed E-state index contributed by atoms with van der Waals surface area (Å²) in [6.45, 7) is 5.17. The Bertz CT molecular complexity index is 435. The molecule has 4 heteroatoms. The summed E-state index contributed by atoms with van der Waals surface area (Å²) in [4.78, 5) is 11.0. The van der Waals surface area contributed by atoms with Crippen molar-refractivity contribution >= 4 is 5.97 Å². The second-order valence-corrected chi connectivity index (χ2v) is 5.75. The highest BCUT2D eigenvalue weighted by Gasteiger charge is 2.25. The predicted octanol–water partition coefficient (Wildman–Crippen LogP) is 2.67. The van der Waals surface area contributed by atoms with E-state index in [4.69, 9.17) is 9.47 Å². The van der Waals surface area contributed by atoms with Gasteiger partial charge in [0.15, 0.2) is 0 Å². The minimum absolute atomic E-state index is 0.0163. The Labute approximate surface area is 126 Å². The van der Waals surface area contributed by atoms with Crippen LogP contribution in [0.5, 0.6) is 0 Å².